The SMILES string of the molecule is Cn1c(=O)[nH]c2c(N3CCCC(N)C3)nc(Cl)nc21. The molecule has 1 aliphatic rings. The Labute approximate surface area is 114 Å². The molecule has 2 aromatic heterocycles. The molecule has 0 aliphatic carbocycles. The van der Waals surface area contributed by atoms with Crippen molar-refractivity contribution in [1.29, 1.82) is 0 Å². The highest BCUT2D eigenvalue weighted by molar-refractivity contribution is 6.28. The van der Waals surface area contributed by atoms with E-state index in [-0.39, 0.29) is 17.0 Å². The molecule has 3 heterocycles. The van der Waals surface area contributed by atoms with Crippen LogP contribution in [-0.2, 0) is 7.05 Å². The Hall–Kier alpha value is -1.60. The Balaban J connectivity index is 2.17. The molecule has 1 aliphatic heterocycles. The van der Waals surface area contributed by atoms with Crippen molar-refractivity contribution in [3.8, 4) is 0 Å². The van der Waals surface area contributed by atoms with E-state index in [1.165, 1.54) is 4.57 Å². The summed E-state index contributed by atoms with van der Waals surface area (Å²) in [4.78, 5) is 24.9. The molecule has 19 heavy (non-hydrogen) atoms. The number of halogens is 1. The van der Waals surface area contributed by atoms with Crippen molar-refractivity contribution in [2.75, 3.05) is 18.0 Å². The summed E-state index contributed by atoms with van der Waals surface area (Å²) in [6.45, 7) is 1.56. The molecule has 0 bridgehead atoms. The van der Waals surface area contributed by atoms with Crippen molar-refractivity contribution < 1.29 is 0 Å². The first-order valence-electron chi connectivity index (χ1n) is 6.19. The van der Waals surface area contributed by atoms with Gasteiger partial charge < -0.3 is 15.6 Å². The Kier molecular flexibility index (Phi) is 2.94. The van der Waals surface area contributed by atoms with E-state index >= 15 is 0 Å². The summed E-state index contributed by atoms with van der Waals surface area (Å²) in [6.07, 6.45) is 2.01. The lowest BCUT2D eigenvalue weighted by Crippen LogP contribution is -2.43. The van der Waals surface area contributed by atoms with Crippen LogP contribution in [0.5, 0.6) is 0 Å². The average Bonchev–Trinajstić information content (AvgIpc) is 2.65. The zero-order valence-electron chi connectivity index (χ0n) is 10.6. The largest absolute Gasteiger partial charge is 0.353 e. The summed E-state index contributed by atoms with van der Waals surface area (Å²) in [6, 6.07) is 0.118. The highest BCUT2D eigenvalue weighted by Crippen LogP contribution is 2.25. The predicted octanol–water partition coefficient (Wildman–Crippen LogP) is 0.237. The van der Waals surface area contributed by atoms with Gasteiger partial charge in [-0.3, -0.25) is 4.57 Å². The van der Waals surface area contributed by atoms with E-state index in [1.54, 1.807) is 7.05 Å². The molecule has 0 radical (unpaired) electrons. The molecule has 0 spiro atoms. The fraction of sp³-hybridized carbons (Fsp3) is 0.545. The maximum atomic E-state index is 11.7. The van der Waals surface area contributed by atoms with Gasteiger partial charge in [-0.05, 0) is 24.4 Å². The van der Waals surface area contributed by atoms with Crippen molar-refractivity contribution in [1.82, 2.24) is 19.5 Å². The zero-order valence-corrected chi connectivity index (χ0v) is 11.3. The van der Waals surface area contributed by atoms with Crippen LogP contribution >= 0.6 is 11.6 Å². The van der Waals surface area contributed by atoms with Crippen molar-refractivity contribution in [2.24, 2.45) is 12.8 Å². The second kappa shape index (κ2) is 4.50. The summed E-state index contributed by atoms with van der Waals surface area (Å²) in [7, 11) is 1.65. The highest BCUT2D eigenvalue weighted by Gasteiger charge is 2.22. The van der Waals surface area contributed by atoms with Crippen LogP contribution in [0.4, 0.5) is 5.82 Å². The normalized spacial score (nSPS) is 20.2. The third-order valence-electron chi connectivity index (χ3n) is 3.46. The molecule has 3 rings (SSSR count). The second-order valence-electron chi connectivity index (χ2n) is 4.85. The van der Waals surface area contributed by atoms with Crippen LogP contribution in [0.15, 0.2) is 4.79 Å². The lowest BCUT2D eigenvalue weighted by Gasteiger charge is -2.31. The van der Waals surface area contributed by atoms with Gasteiger partial charge in [0.05, 0.1) is 0 Å². The number of aryl methyl sites for hydroxylation is 1. The summed E-state index contributed by atoms with van der Waals surface area (Å²) in [5.74, 6) is 0.655. The van der Waals surface area contributed by atoms with Gasteiger partial charge in [0.25, 0.3) is 0 Å². The van der Waals surface area contributed by atoms with Gasteiger partial charge in [0, 0.05) is 26.2 Å². The molecule has 2 aromatic rings. The third kappa shape index (κ3) is 2.08. The van der Waals surface area contributed by atoms with E-state index in [2.05, 4.69) is 19.9 Å². The second-order valence-corrected chi connectivity index (χ2v) is 5.19. The third-order valence-corrected chi connectivity index (χ3v) is 3.62. The molecule has 1 atom stereocenters. The van der Waals surface area contributed by atoms with Gasteiger partial charge in [-0.25, -0.2) is 4.79 Å². The number of imidazole rings is 1. The van der Waals surface area contributed by atoms with E-state index in [9.17, 15) is 4.79 Å². The van der Waals surface area contributed by atoms with Crippen LogP contribution in [0.1, 0.15) is 12.8 Å². The van der Waals surface area contributed by atoms with Crippen LogP contribution in [0, 0.1) is 0 Å². The molecule has 0 saturated carbocycles. The van der Waals surface area contributed by atoms with Gasteiger partial charge in [-0.2, -0.15) is 9.97 Å². The van der Waals surface area contributed by atoms with E-state index in [1.807, 2.05) is 0 Å². The van der Waals surface area contributed by atoms with Gasteiger partial charge >= 0.3 is 5.69 Å². The van der Waals surface area contributed by atoms with E-state index in [0.29, 0.717) is 23.5 Å². The van der Waals surface area contributed by atoms with Crippen LogP contribution in [-0.4, -0.2) is 38.7 Å². The molecule has 1 saturated heterocycles. The van der Waals surface area contributed by atoms with E-state index in [0.717, 1.165) is 19.4 Å². The number of H-pyrrole nitrogens is 1. The molecule has 1 fully saturated rings. The minimum Gasteiger partial charge on any atom is -0.353 e. The van der Waals surface area contributed by atoms with Crippen molar-refractivity contribution in [2.45, 2.75) is 18.9 Å². The van der Waals surface area contributed by atoms with Gasteiger partial charge in [0.15, 0.2) is 11.5 Å². The zero-order chi connectivity index (χ0) is 13.6. The molecule has 1 unspecified atom stereocenters. The van der Waals surface area contributed by atoms with Crippen LogP contribution in [0.3, 0.4) is 0 Å². The summed E-state index contributed by atoms with van der Waals surface area (Å²) in [5.41, 5.74) is 6.89. The summed E-state index contributed by atoms with van der Waals surface area (Å²) < 4.78 is 1.43. The van der Waals surface area contributed by atoms with Crippen molar-refractivity contribution in [3.05, 3.63) is 15.8 Å². The number of hydrogen-bond donors (Lipinski definition) is 2. The van der Waals surface area contributed by atoms with Crippen LogP contribution < -0.4 is 16.3 Å². The van der Waals surface area contributed by atoms with E-state index in [4.69, 9.17) is 17.3 Å². The van der Waals surface area contributed by atoms with Crippen LogP contribution in [0.25, 0.3) is 11.2 Å². The first-order valence-corrected chi connectivity index (χ1v) is 6.57. The smallest absolute Gasteiger partial charge is 0.327 e. The van der Waals surface area contributed by atoms with Crippen molar-refractivity contribution in [3.63, 3.8) is 0 Å². The lowest BCUT2D eigenvalue weighted by molar-refractivity contribution is 0.504. The number of nitrogens with zero attached hydrogens (tertiary/aromatic N) is 4. The average molecular weight is 283 g/mol. The highest BCUT2D eigenvalue weighted by atomic mass is 35.5. The Morgan fingerprint density at radius 3 is 3.00 bits per heavy atom. The van der Waals surface area contributed by atoms with Gasteiger partial charge in [0.2, 0.25) is 5.28 Å². The maximum absolute atomic E-state index is 11.7. The molecule has 0 aromatic carbocycles. The number of rotatable bonds is 1. The number of piperidine rings is 1. The van der Waals surface area contributed by atoms with E-state index < -0.39 is 0 Å². The number of anilines is 1. The number of aromatic nitrogens is 4. The first kappa shape index (κ1) is 12.4. The molecule has 102 valence electrons. The van der Waals surface area contributed by atoms with Crippen LogP contribution in [0.2, 0.25) is 5.28 Å². The molecule has 7 nitrogen and oxygen atoms in total. The Morgan fingerprint density at radius 1 is 1.47 bits per heavy atom. The number of nitrogens with one attached hydrogen (secondary N) is 1. The molecular weight excluding hydrogens is 268 g/mol. The molecular formula is C11H15ClN6O. The number of hydrogen-bond acceptors (Lipinski definition) is 5. The fourth-order valence-electron chi connectivity index (χ4n) is 2.48. The summed E-state index contributed by atoms with van der Waals surface area (Å²) in [5, 5.41) is 0.135. The predicted molar refractivity (Wildman–Crippen MR) is 73.6 cm³/mol. The molecule has 3 N–H and O–H groups in total. The summed E-state index contributed by atoms with van der Waals surface area (Å²) >= 11 is 5.95. The Bertz CT molecular complexity index is 678. The number of nitrogens with two attached hydrogens (primary N) is 1. The van der Waals surface area contributed by atoms with Gasteiger partial charge in [0.1, 0.15) is 5.52 Å². The monoisotopic (exact) mass is 282 g/mol. The quantitative estimate of drug-likeness (QED) is 0.731. The van der Waals surface area contributed by atoms with Crippen molar-refractivity contribution >= 4 is 28.6 Å². The minimum absolute atomic E-state index is 0.118. The molecule has 8 heteroatoms. The molecule has 0 amide bonds. The topological polar surface area (TPSA) is 92.8 Å². The minimum atomic E-state index is -0.228. The van der Waals surface area contributed by atoms with Gasteiger partial charge in [-0.1, -0.05) is 0 Å². The first-order chi connectivity index (χ1) is 9.06. The standard InChI is InChI=1S/C11H15ClN6O/c1-17-8-7(14-11(17)19)9(16-10(12)15-8)18-4-2-3-6(13)5-18/h6H,2-5,13H2,1H3,(H,14,19). The maximum Gasteiger partial charge on any atom is 0.327 e. The van der Waals surface area contributed by atoms with Gasteiger partial charge in [-0.15, -0.1) is 0 Å². The lowest BCUT2D eigenvalue weighted by atomic mass is 10.1. The number of aromatic amines is 1. The number of fused-ring (bicyclic) bond motifs is 1. The fourth-order valence-corrected chi connectivity index (χ4v) is 2.64. The Morgan fingerprint density at radius 2 is 2.26 bits per heavy atom.